The van der Waals surface area contributed by atoms with Gasteiger partial charge in [-0.3, -0.25) is 4.79 Å². The Morgan fingerprint density at radius 3 is 2.53 bits per heavy atom. The number of aryl methyl sites for hydroxylation is 1. The first-order chi connectivity index (χ1) is 14.4. The molecule has 7 nitrogen and oxygen atoms in total. The van der Waals surface area contributed by atoms with Crippen molar-refractivity contribution < 1.29 is 17.9 Å². The molecule has 158 valence electrons. The summed E-state index contributed by atoms with van der Waals surface area (Å²) in [6.45, 7) is 2.64. The number of ether oxygens (including phenoxy) is 1. The molecule has 0 radical (unpaired) electrons. The predicted octanol–water partition coefficient (Wildman–Crippen LogP) is 3.65. The van der Waals surface area contributed by atoms with Gasteiger partial charge in [-0.15, -0.1) is 0 Å². The lowest BCUT2D eigenvalue weighted by atomic mass is 9.97. The van der Waals surface area contributed by atoms with Crippen LogP contribution >= 0.6 is 11.3 Å². The molecule has 2 heterocycles. The third-order valence-corrected chi connectivity index (χ3v) is 8.14. The molecule has 2 aromatic carbocycles. The van der Waals surface area contributed by atoms with Crippen molar-refractivity contribution in [3.63, 3.8) is 0 Å². The number of nitrogens with one attached hydrogen (secondary N) is 1. The van der Waals surface area contributed by atoms with E-state index >= 15 is 0 Å². The maximum atomic E-state index is 12.9. The fraction of sp³-hybridized carbons (Fsp3) is 0.333. The van der Waals surface area contributed by atoms with Crippen LogP contribution in [0.25, 0.3) is 10.2 Å². The lowest BCUT2D eigenvalue weighted by molar-refractivity contribution is -0.120. The van der Waals surface area contributed by atoms with Crippen LogP contribution in [0.5, 0.6) is 5.75 Å². The zero-order valence-corrected chi connectivity index (χ0v) is 18.4. The molecule has 1 N–H and O–H groups in total. The summed E-state index contributed by atoms with van der Waals surface area (Å²) in [6, 6.07) is 12.3. The van der Waals surface area contributed by atoms with Crippen molar-refractivity contribution in [2.75, 3.05) is 25.5 Å². The summed E-state index contributed by atoms with van der Waals surface area (Å²) in [5.41, 5.74) is 2.01. The number of rotatable bonds is 5. The van der Waals surface area contributed by atoms with Crippen LogP contribution < -0.4 is 10.1 Å². The highest BCUT2D eigenvalue weighted by Gasteiger charge is 2.32. The fourth-order valence-corrected chi connectivity index (χ4v) is 5.98. The van der Waals surface area contributed by atoms with E-state index in [0.29, 0.717) is 36.8 Å². The Morgan fingerprint density at radius 2 is 1.87 bits per heavy atom. The second kappa shape index (κ2) is 8.33. The van der Waals surface area contributed by atoms with E-state index in [-0.39, 0.29) is 16.7 Å². The first-order valence-electron chi connectivity index (χ1n) is 9.69. The molecule has 1 aliphatic rings. The summed E-state index contributed by atoms with van der Waals surface area (Å²) in [5.74, 6) is 0.266. The summed E-state index contributed by atoms with van der Waals surface area (Å²) in [6.07, 6.45) is 0.955. The van der Waals surface area contributed by atoms with Gasteiger partial charge >= 0.3 is 0 Å². The number of anilines is 1. The lowest BCUT2D eigenvalue weighted by Crippen LogP contribution is -2.41. The minimum Gasteiger partial charge on any atom is -0.497 e. The van der Waals surface area contributed by atoms with E-state index < -0.39 is 10.0 Å². The number of benzene rings is 2. The minimum absolute atomic E-state index is 0.104. The van der Waals surface area contributed by atoms with Crippen molar-refractivity contribution in [1.29, 1.82) is 0 Å². The lowest BCUT2D eigenvalue weighted by Gasteiger charge is -2.30. The van der Waals surface area contributed by atoms with Crippen LogP contribution in [0.2, 0.25) is 0 Å². The molecule has 1 aliphatic heterocycles. The highest BCUT2D eigenvalue weighted by molar-refractivity contribution is 7.89. The number of aromatic nitrogens is 1. The van der Waals surface area contributed by atoms with Crippen LogP contribution in [-0.4, -0.2) is 43.8 Å². The second-order valence-corrected chi connectivity index (χ2v) is 10.3. The highest BCUT2D eigenvalue weighted by atomic mass is 32.2. The number of amides is 1. The minimum atomic E-state index is -3.58. The van der Waals surface area contributed by atoms with Gasteiger partial charge in [0.05, 0.1) is 22.2 Å². The second-order valence-electron chi connectivity index (χ2n) is 7.33. The molecule has 4 rings (SSSR count). The van der Waals surface area contributed by atoms with Crippen LogP contribution in [0, 0.1) is 12.8 Å². The number of fused-ring (bicyclic) bond motifs is 1. The van der Waals surface area contributed by atoms with E-state index in [0.717, 1.165) is 15.8 Å². The molecule has 9 heteroatoms. The molecule has 30 heavy (non-hydrogen) atoms. The maximum Gasteiger partial charge on any atom is 0.243 e. The molecule has 0 saturated carbocycles. The van der Waals surface area contributed by atoms with Crippen LogP contribution in [0.3, 0.4) is 0 Å². The van der Waals surface area contributed by atoms with Crippen molar-refractivity contribution in [1.82, 2.24) is 9.29 Å². The topological polar surface area (TPSA) is 88.6 Å². The normalized spacial score (nSPS) is 15.9. The van der Waals surface area contributed by atoms with Gasteiger partial charge in [0.15, 0.2) is 5.13 Å². The van der Waals surface area contributed by atoms with Crippen molar-refractivity contribution in [3.8, 4) is 5.75 Å². The number of hydrogen-bond acceptors (Lipinski definition) is 6. The molecular formula is C21H23N3O4S2. The van der Waals surface area contributed by atoms with Gasteiger partial charge in [-0.25, -0.2) is 13.4 Å². The SMILES string of the molecule is COc1ccc(S(=O)(=O)N2CCC(C(=O)Nc3nc4ccc(C)cc4s3)CC2)cc1. The molecule has 0 unspecified atom stereocenters. The first kappa shape index (κ1) is 20.8. The Labute approximate surface area is 179 Å². The zero-order valence-electron chi connectivity index (χ0n) is 16.8. The van der Waals surface area contributed by atoms with E-state index in [1.807, 2.05) is 25.1 Å². The maximum absolute atomic E-state index is 12.9. The van der Waals surface area contributed by atoms with Gasteiger partial charge in [0, 0.05) is 19.0 Å². The number of methoxy groups -OCH3 is 1. The third-order valence-electron chi connectivity index (χ3n) is 5.30. The molecule has 0 bridgehead atoms. The molecule has 1 aromatic heterocycles. The monoisotopic (exact) mass is 445 g/mol. The molecule has 0 aliphatic carbocycles. The highest BCUT2D eigenvalue weighted by Crippen LogP contribution is 2.29. The number of carbonyl (C=O) groups excluding carboxylic acids is 1. The Balaban J connectivity index is 1.38. The number of sulfonamides is 1. The third kappa shape index (κ3) is 4.19. The van der Waals surface area contributed by atoms with Crippen molar-refractivity contribution in [2.24, 2.45) is 5.92 Å². The van der Waals surface area contributed by atoms with Crippen molar-refractivity contribution >= 4 is 42.6 Å². The summed E-state index contributed by atoms with van der Waals surface area (Å²) in [4.78, 5) is 17.4. The van der Waals surface area contributed by atoms with E-state index in [4.69, 9.17) is 4.74 Å². The molecule has 1 amide bonds. The van der Waals surface area contributed by atoms with Crippen LogP contribution in [0.1, 0.15) is 18.4 Å². The average molecular weight is 446 g/mol. The van der Waals surface area contributed by atoms with Gasteiger partial charge in [0.2, 0.25) is 15.9 Å². The summed E-state index contributed by atoms with van der Waals surface area (Å²) in [7, 11) is -2.04. The standard InChI is InChI=1S/C21H23N3O4S2/c1-14-3-8-18-19(13-14)29-21(22-18)23-20(25)15-9-11-24(12-10-15)30(26,27)17-6-4-16(28-2)5-7-17/h3-8,13,15H,9-12H2,1-2H3,(H,22,23,25). The van der Waals surface area contributed by atoms with Crippen molar-refractivity contribution in [2.45, 2.75) is 24.7 Å². The van der Waals surface area contributed by atoms with E-state index in [1.54, 1.807) is 24.3 Å². The van der Waals surface area contributed by atoms with Crippen molar-refractivity contribution in [3.05, 3.63) is 48.0 Å². The Morgan fingerprint density at radius 1 is 1.17 bits per heavy atom. The van der Waals surface area contributed by atoms with Gasteiger partial charge in [-0.05, 0) is 61.7 Å². The average Bonchev–Trinajstić information content (AvgIpc) is 3.15. The molecule has 0 spiro atoms. The van der Waals surface area contributed by atoms with Gasteiger partial charge < -0.3 is 10.1 Å². The van der Waals surface area contributed by atoms with Crippen LogP contribution in [0.4, 0.5) is 5.13 Å². The van der Waals surface area contributed by atoms with Gasteiger partial charge in [-0.1, -0.05) is 17.4 Å². The number of nitrogens with zero attached hydrogens (tertiary/aromatic N) is 2. The Kier molecular flexibility index (Phi) is 5.77. The van der Waals surface area contributed by atoms with Crippen LogP contribution in [0.15, 0.2) is 47.4 Å². The van der Waals surface area contributed by atoms with Gasteiger partial charge in [0.25, 0.3) is 0 Å². The first-order valence-corrected chi connectivity index (χ1v) is 11.9. The quantitative estimate of drug-likeness (QED) is 0.648. The number of piperidine rings is 1. The van der Waals surface area contributed by atoms with Gasteiger partial charge in [-0.2, -0.15) is 4.31 Å². The van der Waals surface area contributed by atoms with E-state index in [2.05, 4.69) is 10.3 Å². The molecule has 3 aromatic rings. The largest absolute Gasteiger partial charge is 0.497 e. The zero-order chi connectivity index (χ0) is 21.3. The molecule has 1 saturated heterocycles. The Hall–Kier alpha value is -2.49. The molecule has 0 atom stereocenters. The number of hydrogen-bond donors (Lipinski definition) is 1. The molecule has 1 fully saturated rings. The number of carbonyl (C=O) groups is 1. The van der Waals surface area contributed by atoms with Crippen LogP contribution in [-0.2, 0) is 14.8 Å². The summed E-state index contributed by atoms with van der Waals surface area (Å²) in [5, 5.41) is 3.48. The predicted molar refractivity (Wildman–Crippen MR) is 117 cm³/mol. The van der Waals surface area contributed by atoms with Gasteiger partial charge in [0.1, 0.15) is 5.75 Å². The Bertz CT molecular complexity index is 1160. The fourth-order valence-electron chi connectivity index (χ4n) is 3.55. The molecular weight excluding hydrogens is 422 g/mol. The summed E-state index contributed by atoms with van der Waals surface area (Å²) < 4.78 is 33.3. The smallest absolute Gasteiger partial charge is 0.243 e. The van der Waals surface area contributed by atoms with E-state index in [9.17, 15) is 13.2 Å². The van der Waals surface area contributed by atoms with E-state index in [1.165, 1.54) is 22.8 Å². The summed E-state index contributed by atoms with van der Waals surface area (Å²) >= 11 is 1.45. The number of thiazole rings is 1.